The van der Waals surface area contributed by atoms with Crippen molar-refractivity contribution < 1.29 is 29.8 Å². The molecule has 13 heteroatoms. The number of rotatable bonds is 26. The molecule has 0 aromatic heterocycles. The van der Waals surface area contributed by atoms with Gasteiger partial charge < -0.3 is 25.0 Å². The van der Waals surface area contributed by atoms with Crippen LogP contribution in [-0.2, 0) is 29.8 Å². The van der Waals surface area contributed by atoms with Gasteiger partial charge in [0.25, 0.3) is 0 Å². The summed E-state index contributed by atoms with van der Waals surface area (Å²) in [5, 5.41) is 0. The summed E-state index contributed by atoms with van der Waals surface area (Å²) in [5.41, 5.74) is 2.40. The normalized spacial score (nSPS) is 14.8. The number of hydrogen-bond acceptors (Lipinski definition) is 7. The van der Waals surface area contributed by atoms with E-state index in [1.807, 2.05) is 0 Å². The van der Waals surface area contributed by atoms with Gasteiger partial charge in [-0.3, -0.25) is 4.79 Å². The van der Waals surface area contributed by atoms with E-state index in [9.17, 15) is 4.79 Å². The van der Waals surface area contributed by atoms with Crippen molar-refractivity contribution in [3.63, 3.8) is 0 Å². The molecule has 0 rings (SSSR count). The van der Waals surface area contributed by atoms with Crippen molar-refractivity contribution in [3.8, 4) is 0 Å². The van der Waals surface area contributed by atoms with Crippen LogP contribution in [0.4, 0.5) is 0 Å². The van der Waals surface area contributed by atoms with Crippen molar-refractivity contribution in [2.24, 2.45) is 0 Å². The van der Waals surface area contributed by atoms with E-state index in [0.717, 1.165) is 0 Å². The monoisotopic (exact) mass is 893 g/mol. The summed E-state index contributed by atoms with van der Waals surface area (Å²) in [4.78, 5) is 12.7. The molecule has 56 heavy (non-hydrogen) atoms. The summed E-state index contributed by atoms with van der Waals surface area (Å²) in [6.45, 7) is 65.5. The molecule has 0 aliphatic heterocycles. The topological polar surface area (TPSA) is 72.5 Å². The second kappa shape index (κ2) is 21.4. The third-order valence-corrected chi connectivity index (χ3v) is 48.0. The molecule has 334 valence electrons. The van der Waals surface area contributed by atoms with E-state index in [1.165, 1.54) is 6.92 Å². The minimum Gasteiger partial charge on any atom is -0.518 e. The highest BCUT2D eigenvalue weighted by atomic mass is 28.5. The maximum atomic E-state index is 12.7. The Hall–Kier alpha value is 0.311. The molecule has 0 spiro atoms. The molecule has 0 amide bonds. The van der Waals surface area contributed by atoms with Crippen LogP contribution in [0.15, 0.2) is 12.3 Å². The SMILES string of the molecule is C=C(O[Si](O[Si](O[Si](O[Si](O[Si](O[Si](C(C)C)(C(C)C)C(C)C)(C(C)C)C(C)C)(C(C)C)C(C)C)(C(C)C)C(C)C)(C(C)C)C(C)C)(C(C)C)C(C)C)C(C)=O. The highest BCUT2D eigenvalue weighted by Gasteiger charge is 2.67. The molecule has 0 saturated carbocycles. The average Bonchev–Trinajstić information content (AvgIpc) is 3.02. The fourth-order valence-corrected chi connectivity index (χ4v) is 53.7. The Bertz CT molecular complexity index is 1170. The Kier molecular flexibility index (Phi) is 21.5. The first-order valence-corrected chi connectivity index (χ1v) is 34.5. The Labute approximate surface area is 356 Å². The fourth-order valence-electron chi connectivity index (χ4n) is 9.69. The predicted molar refractivity (Wildman–Crippen MR) is 257 cm³/mol. The quantitative estimate of drug-likeness (QED) is 0.0486. The number of Topliss-reactive ketones (excluding diaryl/α,β-unsaturated/α-hetero) is 1. The molecular formula is C43H96O7Si6. The minimum atomic E-state index is -3.27. The Morgan fingerprint density at radius 3 is 0.661 bits per heavy atom. The first-order valence-electron chi connectivity index (χ1n) is 22.5. The summed E-state index contributed by atoms with van der Waals surface area (Å²) in [6.07, 6.45) is 0. The van der Waals surface area contributed by atoms with Gasteiger partial charge in [-0.25, -0.2) is 0 Å². The molecule has 0 saturated heterocycles. The summed E-state index contributed by atoms with van der Waals surface area (Å²) < 4.78 is 47.5. The lowest BCUT2D eigenvalue weighted by atomic mass is 10.4. The van der Waals surface area contributed by atoms with Gasteiger partial charge in [0, 0.05) is 18.0 Å². The van der Waals surface area contributed by atoms with Gasteiger partial charge in [-0.15, -0.1) is 0 Å². The van der Waals surface area contributed by atoms with Gasteiger partial charge in [0.05, 0.1) is 0 Å². The molecule has 0 N–H and O–H groups in total. The molecule has 0 atom stereocenters. The molecule has 0 heterocycles. The lowest BCUT2D eigenvalue weighted by Crippen LogP contribution is -2.72. The second-order valence-electron chi connectivity index (χ2n) is 21.1. The number of ketones is 1. The zero-order valence-electron chi connectivity index (χ0n) is 42.1. The predicted octanol–water partition coefficient (Wildman–Crippen LogP) is 15.7. The van der Waals surface area contributed by atoms with Crippen LogP contribution in [0.25, 0.3) is 0 Å². The molecule has 0 unspecified atom stereocenters. The average molecular weight is 894 g/mol. The molecule has 0 aromatic carbocycles. The van der Waals surface area contributed by atoms with Gasteiger partial charge in [-0.1, -0.05) is 187 Å². The Morgan fingerprint density at radius 1 is 0.321 bits per heavy atom. The zero-order chi connectivity index (χ0) is 44.9. The third-order valence-electron chi connectivity index (χ3n) is 13.0. The van der Waals surface area contributed by atoms with Crippen molar-refractivity contribution >= 4 is 56.9 Å². The van der Waals surface area contributed by atoms with Crippen LogP contribution in [0.2, 0.25) is 72.0 Å². The van der Waals surface area contributed by atoms with Crippen molar-refractivity contribution in [1.29, 1.82) is 0 Å². The summed E-state index contributed by atoms with van der Waals surface area (Å²) in [5.74, 6) is 0.00538. The standard InChI is InChI=1S/C43H96O7Si6/c1-29(2)51(30(3)4,31(5)6)46-53(34(11)12,35(13)14)48-55(38(19)20,39(21)22)50-56(40(23)24,41(25)26)49-54(36(15)16,37(17)18)47-52(32(7)8,33(9)10)45-43(28)42(27)44/h29-41H,28H2,1-27H3. The maximum absolute atomic E-state index is 12.7. The molecule has 0 aliphatic carbocycles. The van der Waals surface area contributed by atoms with Gasteiger partial charge in [-0.05, 0) is 61.0 Å². The van der Waals surface area contributed by atoms with Crippen molar-refractivity contribution in [3.05, 3.63) is 12.3 Å². The van der Waals surface area contributed by atoms with Gasteiger partial charge >= 0.3 is 42.8 Å². The molecule has 0 radical (unpaired) electrons. The largest absolute Gasteiger partial charge is 0.518 e. The molecule has 0 fully saturated rings. The van der Waals surface area contributed by atoms with E-state index >= 15 is 0 Å². The van der Waals surface area contributed by atoms with Gasteiger partial charge in [0.1, 0.15) is 5.76 Å². The zero-order valence-corrected chi connectivity index (χ0v) is 48.1. The maximum Gasteiger partial charge on any atom is 0.395 e. The van der Waals surface area contributed by atoms with Crippen LogP contribution >= 0.6 is 0 Å². The lowest BCUT2D eigenvalue weighted by molar-refractivity contribution is -0.115. The van der Waals surface area contributed by atoms with Crippen molar-refractivity contribution in [2.45, 2.75) is 259 Å². The first kappa shape index (κ1) is 56.3. The summed E-state index contributed by atoms with van der Waals surface area (Å²) in [6, 6.07) is 0. The second-order valence-corrected chi connectivity index (χ2v) is 49.3. The molecule has 7 nitrogen and oxygen atoms in total. The van der Waals surface area contributed by atoms with E-state index in [0.29, 0.717) is 16.6 Å². The van der Waals surface area contributed by atoms with E-state index in [1.54, 1.807) is 0 Å². The van der Waals surface area contributed by atoms with Crippen molar-refractivity contribution in [2.75, 3.05) is 0 Å². The van der Waals surface area contributed by atoms with Gasteiger partial charge in [0.15, 0.2) is 14.1 Å². The minimum absolute atomic E-state index is 0.0398. The molecule has 0 aliphatic rings. The van der Waals surface area contributed by atoms with Crippen LogP contribution in [0.1, 0.15) is 187 Å². The number of allylic oxidation sites excluding steroid dienone is 1. The van der Waals surface area contributed by atoms with E-state index < -0.39 is 51.1 Å². The van der Waals surface area contributed by atoms with Crippen LogP contribution in [0, 0.1) is 0 Å². The van der Waals surface area contributed by atoms with Gasteiger partial charge in [-0.2, -0.15) is 0 Å². The Balaban J connectivity index is 8.50. The van der Waals surface area contributed by atoms with Crippen LogP contribution in [0.3, 0.4) is 0 Å². The first-order chi connectivity index (χ1) is 25.1. The van der Waals surface area contributed by atoms with Gasteiger partial charge in [0.2, 0.25) is 0 Å². The summed E-state index contributed by atoms with van der Waals surface area (Å²) in [7, 11) is -18.3. The lowest BCUT2D eigenvalue weighted by Gasteiger charge is -2.58. The number of carbonyl (C=O) groups is 1. The van der Waals surface area contributed by atoms with Crippen LogP contribution < -0.4 is 0 Å². The van der Waals surface area contributed by atoms with E-state index in [4.69, 9.17) is 25.0 Å². The highest BCUT2D eigenvalue weighted by molar-refractivity contribution is 6.96. The smallest absolute Gasteiger partial charge is 0.395 e. The Morgan fingerprint density at radius 2 is 0.500 bits per heavy atom. The fraction of sp³-hybridized carbons (Fsp3) is 0.930. The van der Waals surface area contributed by atoms with Crippen LogP contribution in [-0.4, -0.2) is 56.9 Å². The van der Waals surface area contributed by atoms with E-state index in [2.05, 4.69) is 187 Å². The van der Waals surface area contributed by atoms with Crippen molar-refractivity contribution in [1.82, 2.24) is 0 Å². The number of hydrogen-bond donors (Lipinski definition) is 0. The third kappa shape index (κ3) is 11.2. The highest BCUT2D eigenvalue weighted by Crippen LogP contribution is 2.55. The van der Waals surface area contributed by atoms with Crippen LogP contribution in [0.5, 0.6) is 0 Å². The summed E-state index contributed by atoms with van der Waals surface area (Å²) >= 11 is 0. The number of carbonyl (C=O) groups excluding carboxylic acids is 1. The molecular weight excluding hydrogens is 797 g/mol. The van der Waals surface area contributed by atoms with E-state index in [-0.39, 0.29) is 67.0 Å². The molecule has 0 bridgehead atoms. The molecule has 0 aromatic rings.